The van der Waals surface area contributed by atoms with Crippen LogP contribution < -0.4 is 5.32 Å². The monoisotopic (exact) mass is 317 g/mol. The molecule has 1 aliphatic heterocycles. The highest BCUT2D eigenvalue weighted by Gasteiger charge is 2.24. The standard InChI is InChI=1S/C15H19N5OS/c1-2-14-16-10-12(22-14)15(21)20-8-5-11(6-9-20)18-13-4-3-7-17-19-13/h3-4,7,10-11H,2,5-6,8-9H2,1H3,(H,18,19). The molecule has 1 saturated heterocycles. The molecule has 1 N–H and O–H groups in total. The molecule has 0 radical (unpaired) electrons. The summed E-state index contributed by atoms with van der Waals surface area (Å²) in [4.78, 5) is 19.4. The first kappa shape index (κ1) is 14.9. The summed E-state index contributed by atoms with van der Waals surface area (Å²) in [5.41, 5.74) is 0. The number of nitrogens with one attached hydrogen (secondary N) is 1. The van der Waals surface area contributed by atoms with Crippen molar-refractivity contribution in [1.82, 2.24) is 20.1 Å². The Labute approximate surface area is 133 Å². The SMILES string of the molecule is CCc1ncc(C(=O)N2CCC(Nc3cccnn3)CC2)s1. The van der Waals surface area contributed by atoms with Crippen LogP contribution >= 0.6 is 11.3 Å². The van der Waals surface area contributed by atoms with E-state index in [0.717, 1.165) is 48.1 Å². The van der Waals surface area contributed by atoms with Crippen LogP contribution in [-0.2, 0) is 6.42 Å². The molecular weight excluding hydrogens is 298 g/mol. The second-order valence-corrected chi connectivity index (χ2v) is 6.41. The molecule has 0 atom stereocenters. The third-order valence-electron chi connectivity index (χ3n) is 3.77. The van der Waals surface area contributed by atoms with E-state index in [1.54, 1.807) is 12.4 Å². The molecule has 0 aliphatic carbocycles. The van der Waals surface area contributed by atoms with Gasteiger partial charge in [0.1, 0.15) is 10.7 Å². The van der Waals surface area contributed by atoms with Crippen LogP contribution in [-0.4, -0.2) is 45.1 Å². The molecule has 0 bridgehead atoms. The minimum atomic E-state index is 0.107. The number of carbonyl (C=O) groups excluding carboxylic acids is 1. The summed E-state index contributed by atoms with van der Waals surface area (Å²) in [6.07, 6.45) is 6.08. The zero-order valence-corrected chi connectivity index (χ0v) is 13.3. The van der Waals surface area contributed by atoms with E-state index < -0.39 is 0 Å². The fourth-order valence-corrected chi connectivity index (χ4v) is 3.37. The fraction of sp³-hybridized carbons (Fsp3) is 0.467. The molecule has 0 spiro atoms. The van der Waals surface area contributed by atoms with Crippen LogP contribution in [0.3, 0.4) is 0 Å². The number of likely N-dealkylation sites (tertiary alicyclic amines) is 1. The van der Waals surface area contributed by atoms with E-state index in [-0.39, 0.29) is 5.91 Å². The second-order valence-electron chi connectivity index (χ2n) is 5.29. The van der Waals surface area contributed by atoms with E-state index in [4.69, 9.17) is 0 Å². The molecule has 7 heteroatoms. The van der Waals surface area contributed by atoms with Crippen molar-refractivity contribution in [2.45, 2.75) is 32.2 Å². The van der Waals surface area contributed by atoms with E-state index in [9.17, 15) is 4.79 Å². The Morgan fingerprint density at radius 3 is 2.91 bits per heavy atom. The Morgan fingerprint density at radius 2 is 2.27 bits per heavy atom. The lowest BCUT2D eigenvalue weighted by atomic mass is 10.0. The highest BCUT2D eigenvalue weighted by Crippen LogP contribution is 2.20. The van der Waals surface area contributed by atoms with E-state index in [2.05, 4.69) is 27.4 Å². The molecule has 22 heavy (non-hydrogen) atoms. The smallest absolute Gasteiger partial charge is 0.265 e. The summed E-state index contributed by atoms with van der Waals surface area (Å²) >= 11 is 1.50. The molecule has 0 unspecified atom stereocenters. The normalized spacial score (nSPS) is 15.8. The van der Waals surface area contributed by atoms with E-state index in [0.29, 0.717) is 6.04 Å². The Hall–Kier alpha value is -2.02. The summed E-state index contributed by atoms with van der Waals surface area (Å²) in [7, 11) is 0. The molecule has 1 fully saturated rings. The summed E-state index contributed by atoms with van der Waals surface area (Å²) in [5, 5.41) is 12.3. The third kappa shape index (κ3) is 3.41. The number of anilines is 1. The highest BCUT2D eigenvalue weighted by atomic mass is 32.1. The zero-order valence-electron chi connectivity index (χ0n) is 12.5. The first-order valence-electron chi connectivity index (χ1n) is 7.54. The molecule has 0 aromatic carbocycles. The molecule has 1 amide bonds. The van der Waals surface area contributed by atoms with Gasteiger partial charge >= 0.3 is 0 Å². The number of nitrogens with zero attached hydrogens (tertiary/aromatic N) is 4. The maximum Gasteiger partial charge on any atom is 0.265 e. The molecule has 3 rings (SSSR count). The summed E-state index contributed by atoms with van der Waals surface area (Å²) < 4.78 is 0. The predicted molar refractivity (Wildman–Crippen MR) is 86.1 cm³/mol. The molecule has 1 aliphatic rings. The van der Waals surface area contributed by atoms with Gasteiger partial charge in [-0.3, -0.25) is 4.79 Å². The van der Waals surface area contributed by atoms with E-state index in [1.807, 2.05) is 17.0 Å². The Bertz CT molecular complexity index is 622. The van der Waals surface area contributed by atoms with E-state index in [1.165, 1.54) is 11.3 Å². The summed E-state index contributed by atoms with van der Waals surface area (Å²) in [5.74, 6) is 0.900. The number of thiazole rings is 1. The van der Waals surface area contributed by atoms with Gasteiger partial charge in [-0.1, -0.05) is 6.92 Å². The van der Waals surface area contributed by atoms with Crippen molar-refractivity contribution in [2.24, 2.45) is 0 Å². The van der Waals surface area contributed by atoms with Crippen molar-refractivity contribution in [2.75, 3.05) is 18.4 Å². The lowest BCUT2D eigenvalue weighted by molar-refractivity contribution is 0.0723. The van der Waals surface area contributed by atoms with Crippen LogP contribution in [0.2, 0.25) is 0 Å². The minimum Gasteiger partial charge on any atom is -0.366 e. The van der Waals surface area contributed by atoms with Gasteiger partial charge in [0.05, 0.1) is 11.2 Å². The van der Waals surface area contributed by atoms with Crippen molar-refractivity contribution in [1.29, 1.82) is 0 Å². The number of aromatic nitrogens is 3. The van der Waals surface area contributed by atoms with Crippen LogP contribution in [0, 0.1) is 0 Å². The number of piperidine rings is 1. The van der Waals surface area contributed by atoms with Crippen LogP contribution in [0.5, 0.6) is 0 Å². The van der Waals surface area contributed by atoms with Crippen LogP contribution in [0.25, 0.3) is 0 Å². The molecule has 2 aromatic heterocycles. The van der Waals surface area contributed by atoms with Crippen molar-refractivity contribution in [3.8, 4) is 0 Å². The van der Waals surface area contributed by atoms with Crippen LogP contribution in [0.15, 0.2) is 24.5 Å². The Kier molecular flexibility index (Phi) is 4.62. The van der Waals surface area contributed by atoms with Gasteiger partial charge in [-0.2, -0.15) is 5.10 Å². The fourth-order valence-electron chi connectivity index (χ4n) is 2.54. The first-order valence-corrected chi connectivity index (χ1v) is 8.36. The number of carbonyl (C=O) groups is 1. The van der Waals surface area contributed by atoms with Gasteiger partial charge in [-0.25, -0.2) is 4.98 Å². The highest BCUT2D eigenvalue weighted by molar-refractivity contribution is 7.13. The lowest BCUT2D eigenvalue weighted by Crippen LogP contribution is -2.42. The van der Waals surface area contributed by atoms with Gasteiger partial charge in [0.25, 0.3) is 5.91 Å². The van der Waals surface area contributed by atoms with Crippen molar-refractivity contribution in [3.63, 3.8) is 0 Å². The third-order valence-corrected chi connectivity index (χ3v) is 4.90. The number of hydrogen-bond acceptors (Lipinski definition) is 6. The van der Waals surface area contributed by atoms with Crippen LogP contribution in [0.1, 0.15) is 34.4 Å². The summed E-state index contributed by atoms with van der Waals surface area (Å²) in [6, 6.07) is 4.12. The molecule has 3 heterocycles. The first-order chi connectivity index (χ1) is 10.8. The average molecular weight is 317 g/mol. The predicted octanol–water partition coefficient (Wildman–Crippen LogP) is 2.21. The number of hydrogen-bond donors (Lipinski definition) is 1. The van der Waals surface area contributed by atoms with Crippen molar-refractivity contribution >= 4 is 23.1 Å². The van der Waals surface area contributed by atoms with Gasteiger partial charge in [0.15, 0.2) is 0 Å². The lowest BCUT2D eigenvalue weighted by Gasteiger charge is -2.32. The van der Waals surface area contributed by atoms with Crippen LogP contribution in [0.4, 0.5) is 5.82 Å². The molecule has 2 aromatic rings. The Morgan fingerprint density at radius 1 is 1.45 bits per heavy atom. The topological polar surface area (TPSA) is 71.0 Å². The molecule has 0 saturated carbocycles. The largest absolute Gasteiger partial charge is 0.366 e. The second kappa shape index (κ2) is 6.83. The van der Waals surface area contributed by atoms with Gasteiger partial charge in [0.2, 0.25) is 0 Å². The number of amides is 1. The maximum absolute atomic E-state index is 12.4. The van der Waals surface area contributed by atoms with Crippen molar-refractivity contribution in [3.05, 3.63) is 34.4 Å². The minimum absolute atomic E-state index is 0.107. The van der Waals surface area contributed by atoms with Gasteiger partial charge in [0, 0.05) is 25.3 Å². The molecular formula is C15H19N5OS. The zero-order chi connectivity index (χ0) is 15.4. The average Bonchev–Trinajstić information content (AvgIpc) is 3.05. The van der Waals surface area contributed by atoms with Gasteiger partial charge in [-0.05, 0) is 31.4 Å². The molecule has 6 nitrogen and oxygen atoms in total. The van der Waals surface area contributed by atoms with Gasteiger partial charge < -0.3 is 10.2 Å². The summed E-state index contributed by atoms with van der Waals surface area (Å²) in [6.45, 7) is 3.57. The maximum atomic E-state index is 12.4. The van der Waals surface area contributed by atoms with E-state index >= 15 is 0 Å². The quantitative estimate of drug-likeness (QED) is 0.936. The Balaban J connectivity index is 1.54. The number of aryl methyl sites for hydroxylation is 1. The molecule has 116 valence electrons. The number of rotatable bonds is 4. The van der Waals surface area contributed by atoms with Gasteiger partial charge in [-0.15, -0.1) is 16.4 Å². The van der Waals surface area contributed by atoms with Crippen molar-refractivity contribution < 1.29 is 4.79 Å².